The second kappa shape index (κ2) is 11.8. The lowest BCUT2D eigenvalue weighted by molar-refractivity contribution is 0.0564. The van der Waals surface area contributed by atoms with Crippen molar-refractivity contribution in [3.05, 3.63) is 75.8 Å². The molecule has 2 atom stereocenters. The SMILES string of the molecule is CCOc1ccc(CN(C[C@H]2CCCO2)[C@@H](c2cc3cc(OC)ccc3[nH]c2=O)c2nnnn2C(C)(C)C)cc1. The molecule has 4 aromatic rings. The molecule has 40 heavy (non-hydrogen) atoms. The maximum Gasteiger partial charge on any atom is 0.253 e. The van der Waals surface area contributed by atoms with Crippen LogP contribution in [0.15, 0.2) is 53.3 Å². The standard InChI is InChI=1S/C30H38N6O4/c1-6-39-22-11-9-20(10-12-22)18-35(19-24-8-7-15-40-24)27(28-32-33-34-36(28)30(2,3)4)25-17-21-16-23(38-5)13-14-26(21)31-29(25)37/h9-14,16-17,24,27H,6-8,15,18-19H2,1-5H3,(H,31,37)/t24-,27+/m1/s1. The first-order valence-corrected chi connectivity index (χ1v) is 13.8. The van der Waals surface area contributed by atoms with E-state index in [1.165, 1.54) is 0 Å². The summed E-state index contributed by atoms with van der Waals surface area (Å²) in [6.45, 7) is 10.6. The van der Waals surface area contributed by atoms with Gasteiger partial charge < -0.3 is 19.2 Å². The molecule has 212 valence electrons. The normalized spacial score (nSPS) is 16.5. The van der Waals surface area contributed by atoms with E-state index in [-0.39, 0.29) is 11.7 Å². The van der Waals surface area contributed by atoms with Crippen molar-refractivity contribution in [2.45, 2.75) is 64.8 Å². The summed E-state index contributed by atoms with van der Waals surface area (Å²) in [7, 11) is 1.63. The molecule has 1 aliphatic rings. The maximum atomic E-state index is 13.8. The number of hydrogen-bond acceptors (Lipinski definition) is 8. The van der Waals surface area contributed by atoms with E-state index >= 15 is 0 Å². The predicted molar refractivity (Wildman–Crippen MR) is 153 cm³/mol. The van der Waals surface area contributed by atoms with E-state index in [9.17, 15) is 4.79 Å². The predicted octanol–water partition coefficient (Wildman–Crippen LogP) is 4.45. The Morgan fingerprint density at radius 2 is 1.93 bits per heavy atom. The number of pyridine rings is 1. The molecule has 0 saturated carbocycles. The van der Waals surface area contributed by atoms with Gasteiger partial charge in [-0.05, 0) is 92.9 Å². The first-order valence-electron chi connectivity index (χ1n) is 13.8. The number of methoxy groups -OCH3 is 1. The van der Waals surface area contributed by atoms with Gasteiger partial charge in [-0.3, -0.25) is 9.69 Å². The smallest absolute Gasteiger partial charge is 0.253 e. The van der Waals surface area contributed by atoms with E-state index < -0.39 is 11.6 Å². The van der Waals surface area contributed by atoms with Gasteiger partial charge in [0.15, 0.2) is 5.82 Å². The van der Waals surface area contributed by atoms with E-state index in [4.69, 9.17) is 14.2 Å². The van der Waals surface area contributed by atoms with Crippen LogP contribution in [-0.2, 0) is 16.8 Å². The summed E-state index contributed by atoms with van der Waals surface area (Å²) in [4.78, 5) is 19.1. The van der Waals surface area contributed by atoms with Crippen LogP contribution in [0.3, 0.4) is 0 Å². The number of nitrogens with one attached hydrogen (secondary N) is 1. The second-order valence-electron chi connectivity index (χ2n) is 11.2. The van der Waals surface area contributed by atoms with Crippen LogP contribution in [-0.4, -0.2) is 63.1 Å². The Kier molecular flexibility index (Phi) is 8.18. The fourth-order valence-corrected chi connectivity index (χ4v) is 5.28. The van der Waals surface area contributed by atoms with E-state index in [0.29, 0.717) is 36.8 Å². The van der Waals surface area contributed by atoms with Crippen molar-refractivity contribution in [2.24, 2.45) is 0 Å². The van der Waals surface area contributed by atoms with Crippen LogP contribution in [0, 0.1) is 0 Å². The monoisotopic (exact) mass is 546 g/mol. The molecule has 0 aliphatic carbocycles. The van der Waals surface area contributed by atoms with Crippen LogP contribution < -0.4 is 15.0 Å². The number of aromatic amines is 1. The molecule has 2 aromatic carbocycles. The molecule has 10 nitrogen and oxygen atoms in total. The molecule has 1 N–H and O–H groups in total. The van der Waals surface area contributed by atoms with Crippen molar-refractivity contribution in [1.82, 2.24) is 30.1 Å². The number of fused-ring (bicyclic) bond motifs is 1. The molecule has 3 heterocycles. The number of aromatic nitrogens is 5. The van der Waals surface area contributed by atoms with Crippen LogP contribution in [0.2, 0.25) is 0 Å². The summed E-state index contributed by atoms with van der Waals surface area (Å²) in [6.07, 6.45) is 2.02. The van der Waals surface area contributed by atoms with Gasteiger partial charge in [-0.2, -0.15) is 0 Å². The number of H-pyrrole nitrogens is 1. The Morgan fingerprint density at radius 1 is 1.15 bits per heavy atom. The molecule has 0 unspecified atom stereocenters. The highest BCUT2D eigenvalue weighted by atomic mass is 16.5. The second-order valence-corrected chi connectivity index (χ2v) is 11.2. The molecule has 0 radical (unpaired) electrons. The van der Waals surface area contributed by atoms with Crippen LogP contribution in [0.5, 0.6) is 11.5 Å². The summed E-state index contributed by atoms with van der Waals surface area (Å²) in [6, 6.07) is 15.1. The van der Waals surface area contributed by atoms with E-state index in [2.05, 4.69) is 58.3 Å². The average Bonchev–Trinajstić information content (AvgIpc) is 3.63. The van der Waals surface area contributed by atoms with Crippen LogP contribution >= 0.6 is 0 Å². The Morgan fingerprint density at radius 3 is 2.60 bits per heavy atom. The largest absolute Gasteiger partial charge is 0.497 e. The van der Waals surface area contributed by atoms with Crippen molar-refractivity contribution in [3.63, 3.8) is 0 Å². The lowest BCUT2D eigenvalue weighted by atomic mass is 10.00. The van der Waals surface area contributed by atoms with Gasteiger partial charge in [0.05, 0.1) is 25.4 Å². The molecule has 5 rings (SSSR count). The number of hydrogen-bond donors (Lipinski definition) is 1. The molecule has 0 spiro atoms. The van der Waals surface area contributed by atoms with E-state index in [1.807, 2.05) is 48.0 Å². The zero-order chi connectivity index (χ0) is 28.3. The van der Waals surface area contributed by atoms with Crippen molar-refractivity contribution in [1.29, 1.82) is 0 Å². The fraction of sp³-hybridized carbons (Fsp3) is 0.467. The van der Waals surface area contributed by atoms with Gasteiger partial charge in [0.1, 0.15) is 17.5 Å². The number of tetrazole rings is 1. The zero-order valence-corrected chi connectivity index (χ0v) is 23.9. The third-order valence-electron chi connectivity index (χ3n) is 7.20. The summed E-state index contributed by atoms with van der Waals surface area (Å²) < 4.78 is 19.0. The van der Waals surface area contributed by atoms with Crippen molar-refractivity contribution < 1.29 is 14.2 Å². The Labute approximate surface area is 234 Å². The minimum Gasteiger partial charge on any atom is -0.497 e. The highest BCUT2D eigenvalue weighted by molar-refractivity contribution is 5.80. The molecular formula is C30H38N6O4. The first-order chi connectivity index (χ1) is 19.3. The molecule has 0 amide bonds. The van der Waals surface area contributed by atoms with Crippen molar-refractivity contribution in [2.75, 3.05) is 26.9 Å². The molecule has 2 aromatic heterocycles. The number of benzene rings is 2. The Bertz CT molecular complexity index is 1480. The minimum absolute atomic E-state index is 0.0452. The zero-order valence-electron chi connectivity index (χ0n) is 23.9. The van der Waals surface area contributed by atoms with Gasteiger partial charge in [0.2, 0.25) is 0 Å². The number of rotatable bonds is 10. The lowest BCUT2D eigenvalue weighted by Gasteiger charge is -2.34. The third-order valence-corrected chi connectivity index (χ3v) is 7.20. The fourth-order valence-electron chi connectivity index (χ4n) is 5.28. The molecule has 1 aliphatic heterocycles. The van der Waals surface area contributed by atoms with Crippen LogP contribution in [0.1, 0.15) is 63.5 Å². The lowest BCUT2D eigenvalue weighted by Crippen LogP contribution is -2.40. The highest BCUT2D eigenvalue weighted by Crippen LogP contribution is 2.32. The summed E-state index contributed by atoms with van der Waals surface area (Å²) in [5.74, 6) is 2.14. The topological polar surface area (TPSA) is 107 Å². The van der Waals surface area contributed by atoms with E-state index in [0.717, 1.165) is 41.7 Å². The summed E-state index contributed by atoms with van der Waals surface area (Å²) in [5.41, 5.74) is 1.79. The van der Waals surface area contributed by atoms with E-state index in [1.54, 1.807) is 7.11 Å². The Hall–Kier alpha value is -3.76. The number of nitrogens with zero attached hydrogens (tertiary/aromatic N) is 5. The summed E-state index contributed by atoms with van der Waals surface area (Å²) >= 11 is 0. The molecule has 1 fully saturated rings. The van der Waals surface area contributed by atoms with Crippen LogP contribution in [0.4, 0.5) is 0 Å². The molecule has 0 bridgehead atoms. The van der Waals surface area contributed by atoms with Crippen LogP contribution in [0.25, 0.3) is 10.9 Å². The van der Waals surface area contributed by atoms with Crippen molar-refractivity contribution in [3.8, 4) is 11.5 Å². The number of ether oxygens (including phenoxy) is 3. The third kappa shape index (κ3) is 6.03. The van der Waals surface area contributed by atoms with Crippen molar-refractivity contribution >= 4 is 10.9 Å². The van der Waals surface area contributed by atoms with Gasteiger partial charge >= 0.3 is 0 Å². The molecular weight excluding hydrogens is 508 g/mol. The minimum atomic E-state index is -0.538. The van der Waals surface area contributed by atoms with Gasteiger partial charge in [-0.15, -0.1) is 5.10 Å². The first kappa shape index (κ1) is 27.8. The van der Waals surface area contributed by atoms with Gasteiger partial charge in [-0.1, -0.05) is 12.1 Å². The van der Waals surface area contributed by atoms with Gasteiger partial charge in [0, 0.05) is 36.2 Å². The quantitative estimate of drug-likeness (QED) is 0.311. The van der Waals surface area contributed by atoms with Gasteiger partial charge in [0.25, 0.3) is 5.56 Å². The Balaban J connectivity index is 1.66. The summed E-state index contributed by atoms with van der Waals surface area (Å²) in [5, 5.41) is 13.8. The highest BCUT2D eigenvalue weighted by Gasteiger charge is 2.35. The maximum absolute atomic E-state index is 13.8. The molecule has 1 saturated heterocycles. The van der Waals surface area contributed by atoms with Gasteiger partial charge in [-0.25, -0.2) is 4.68 Å². The molecule has 10 heteroatoms. The average molecular weight is 547 g/mol.